The second-order valence-electron chi connectivity index (χ2n) is 8.35. The highest BCUT2D eigenvalue weighted by Gasteiger charge is 2.44. The van der Waals surface area contributed by atoms with Gasteiger partial charge in [-0.1, -0.05) is 121 Å². The summed E-state index contributed by atoms with van der Waals surface area (Å²) in [6.45, 7) is 3.23. The maximum Gasteiger partial charge on any atom is 0.117 e. The molecule has 0 fully saturated rings. The number of nitrogens with zero attached hydrogens (tertiary/aromatic N) is 2. The van der Waals surface area contributed by atoms with E-state index in [0.717, 1.165) is 32.0 Å². The normalized spacial score (nSPS) is 13.7. The summed E-state index contributed by atoms with van der Waals surface area (Å²) < 4.78 is 0. The van der Waals surface area contributed by atoms with Gasteiger partial charge in [-0.25, -0.2) is 0 Å². The average molecular weight is 432 g/mol. The van der Waals surface area contributed by atoms with Crippen molar-refractivity contribution >= 4 is 5.84 Å². The fraction of sp³-hybridized carbons (Fsp3) is 0.167. The number of nitrogens with one attached hydrogen (secondary N) is 1. The first-order valence-electron chi connectivity index (χ1n) is 11.6. The van der Waals surface area contributed by atoms with Crippen molar-refractivity contribution in [3.63, 3.8) is 0 Å². The van der Waals surface area contributed by atoms with Crippen molar-refractivity contribution in [3.05, 3.63) is 144 Å². The Morgan fingerprint density at radius 1 is 0.606 bits per heavy atom. The van der Waals surface area contributed by atoms with Gasteiger partial charge in [0.25, 0.3) is 0 Å². The van der Waals surface area contributed by atoms with Crippen LogP contribution < -0.4 is 5.32 Å². The molecule has 5 rings (SSSR count). The molecular formula is C30H29N3. The Balaban J connectivity index is 1.57. The molecule has 4 aromatic rings. The Morgan fingerprint density at radius 2 is 1.06 bits per heavy atom. The van der Waals surface area contributed by atoms with E-state index < -0.39 is 5.54 Å². The molecule has 0 radical (unpaired) electrons. The van der Waals surface area contributed by atoms with E-state index in [4.69, 9.17) is 4.99 Å². The van der Waals surface area contributed by atoms with Crippen LogP contribution in [0.3, 0.4) is 0 Å². The molecule has 0 saturated heterocycles. The van der Waals surface area contributed by atoms with Crippen molar-refractivity contribution < 1.29 is 0 Å². The van der Waals surface area contributed by atoms with E-state index in [-0.39, 0.29) is 0 Å². The molecule has 0 aromatic heterocycles. The molecule has 0 atom stereocenters. The van der Waals surface area contributed by atoms with Gasteiger partial charge in [0, 0.05) is 13.1 Å². The second kappa shape index (κ2) is 9.85. The lowest BCUT2D eigenvalue weighted by Crippen LogP contribution is -2.52. The molecule has 1 aliphatic heterocycles. The molecular weight excluding hydrogens is 402 g/mol. The molecule has 164 valence electrons. The van der Waals surface area contributed by atoms with Crippen LogP contribution in [0.25, 0.3) is 0 Å². The van der Waals surface area contributed by atoms with Gasteiger partial charge in [-0.3, -0.25) is 4.99 Å². The van der Waals surface area contributed by atoms with E-state index in [1.54, 1.807) is 0 Å². The minimum atomic E-state index is -0.451. The molecule has 0 unspecified atom stereocenters. The van der Waals surface area contributed by atoms with Crippen molar-refractivity contribution in [2.75, 3.05) is 19.6 Å². The van der Waals surface area contributed by atoms with Crippen molar-refractivity contribution in [3.8, 4) is 0 Å². The third-order valence-electron chi connectivity index (χ3n) is 6.36. The third kappa shape index (κ3) is 4.20. The largest absolute Gasteiger partial charge is 0.339 e. The average Bonchev–Trinajstić information content (AvgIpc) is 3.36. The minimum absolute atomic E-state index is 0.451. The third-order valence-corrected chi connectivity index (χ3v) is 6.36. The summed E-state index contributed by atoms with van der Waals surface area (Å²) in [5, 5.41) is 3.63. The van der Waals surface area contributed by atoms with Gasteiger partial charge < -0.3 is 10.2 Å². The highest BCUT2D eigenvalue weighted by molar-refractivity contribution is 5.88. The van der Waals surface area contributed by atoms with Gasteiger partial charge in [0.2, 0.25) is 0 Å². The Kier molecular flexibility index (Phi) is 6.32. The zero-order valence-corrected chi connectivity index (χ0v) is 18.8. The number of benzene rings is 4. The van der Waals surface area contributed by atoms with E-state index in [1.807, 2.05) is 0 Å². The van der Waals surface area contributed by atoms with Crippen LogP contribution in [0.5, 0.6) is 0 Å². The van der Waals surface area contributed by atoms with Crippen LogP contribution in [0.4, 0.5) is 0 Å². The highest BCUT2D eigenvalue weighted by Crippen LogP contribution is 2.43. The highest BCUT2D eigenvalue weighted by atomic mass is 15.3. The Labute approximate surface area is 196 Å². The monoisotopic (exact) mass is 431 g/mol. The maximum atomic E-state index is 4.97. The van der Waals surface area contributed by atoms with Crippen LogP contribution in [0, 0.1) is 0 Å². The molecule has 1 N–H and O–H groups in total. The molecule has 1 heterocycles. The number of rotatable bonds is 8. The first kappa shape index (κ1) is 21.2. The first-order chi connectivity index (χ1) is 16.4. The summed E-state index contributed by atoms with van der Waals surface area (Å²) in [5.41, 5.74) is 4.58. The molecule has 33 heavy (non-hydrogen) atoms. The van der Waals surface area contributed by atoms with Crippen LogP contribution in [0.15, 0.2) is 126 Å². The maximum absolute atomic E-state index is 4.97. The number of hydrogen-bond donors (Lipinski definition) is 1. The van der Waals surface area contributed by atoms with Crippen LogP contribution >= 0.6 is 0 Å². The van der Waals surface area contributed by atoms with E-state index in [2.05, 4.69) is 132 Å². The lowest BCUT2D eigenvalue weighted by molar-refractivity contribution is 0.284. The van der Waals surface area contributed by atoms with Crippen LogP contribution in [0.1, 0.15) is 22.3 Å². The molecule has 4 aromatic carbocycles. The Bertz CT molecular complexity index is 1080. The van der Waals surface area contributed by atoms with E-state index in [9.17, 15) is 0 Å². The standard InChI is InChI=1S/C30H29N3/c1-5-13-25(14-6-1)23-31-24-29-32-21-22-33(29)30(26-15-7-2-8-16-26,27-17-9-3-10-18-27)28-19-11-4-12-20-28/h1-20,31H,21-24H2. The predicted molar refractivity (Wildman–Crippen MR) is 136 cm³/mol. The fourth-order valence-electron chi connectivity index (χ4n) is 4.93. The molecule has 0 bridgehead atoms. The lowest BCUT2D eigenvalue weighted by atomic mass is 9.75. The molecule has 1 aliphatic rings. The summed E-state index contributed by atoms with van der Waals surface area (Å²) >= 11 is 0. The Hall–Kier alpha value is -3.69. The molecule has 0 amide bonds. The van der Waals surface area contributed by atoms with Crippen molar-refractivity contribution in [2.45, 2.75) is 12.1 Å². The summed E-state index contributed by atoms with van der Waals surface area (Å²) in [6.07, 6.45) is 0. The van der Waals surface area contributed by atoms with Gasteiger partial charge in [-0.05, 0) is 22.3 Å². The summed E-state index contributed by atoms with van der Waals surface area (Å²) in [6, 6.07) is 43.1. The number of aliphatic imine (C=N–C) groups is 1. The van der Waals surface area contributed by atoms with Crippen molar-refractivity contribution in [2.24, 2.45) is 4.99 Å². The zero-order chi connectivity index (χ0) is 22.3. The number of amidine groups is 1. The lowest BCUT2D eigenvalue weighted by Gasteiger charge is -2.45. The van der Waals surface area contributed by atoms with Gasteiger partial charge in [0.1, 0.15) is 11.4 Å². The summed E-state index contributed by atoms with van der Waals surface area (Å²) in [5.74, 6) is 1.10. The quantitative estimate of drug-likeness (QED) is 0.374. The van der Waals surface area contributed by atoms with E-state index in [0.29, 0.717) is 0 Å². The smallest absolute Gasteiger partial charge is 0.117 e. The molecule has 3 heteroatoms. The van der Waals surface area contributed by atoms with E-state index in [1.165, 1.54) is 22.3 Å². The zero-order valence-electron chi connectivity index (χ0n) is 18.8. The van der Waals surface area contributed by atoms with E-state index >= 15 is 0 Å². The van der Waals surface area contributed by atoms with Crippen molar-refractivity contribution in [1.29, 1.82) is 0 Å². The molecule has 0 saturated carbocycles. The predicted octanol–water partition coefficient (Wildman–Crippen LogP) is 5.48. The molecule has 0 aliphatic carbocycles. The first-order valence-corrected chi connectivity index (χ1v) is 11.6. The number of hydrogen-bond acceptors (Lipinski definition) is 3. The topological polar surface area (TPSA) is 27.6 Å². The van der Waals surface area contributed by atoms with Crippen LogP contribution in [-0.4, -0.2) is 30.4 Å². The molecule has 3 nitrogen and oxygen atoms in total. The fourth-order valence-corrected chi connectivity index (χ4v) is 4.93. The summed E-state index contributed by atoms with van der Waals surface area (Å²) in [7, 11) is 0. The van der Waals surface area contributed by atoms with Gasteiger partial charge in [-0.15, -0.1) is 0 Å². The SMILES string of the molecule is c1ccc(CNCC2=NCCN2C(c2ccccc2)(c2ccccc2)c2ccccc2)cc1. The van der Waals surface area contributed by atoms with Gasteiger partial charge in [0.05, 0.1) is 13.1 Å². The van der Waals surface area contributed by atoms with Gasteiger partial charge in [-0.2, -0.15) is 0 Å². The van der Waals surface area contributed by atoms with Gasteiger partial charge >= 0.3 is 0 Å². The van der Waals surface area contributed by atoms with Crippen LogP contribution in [-0.2, 0) is 12.1 Å². The Morgan fingerprint density at radius 3 is 1.55 bits per heavy atom. The van der Waals surface area contributed by atoms with Crippen LogP contribution in [0.2, 0.25) is 0 Å². The molecule has 0 spiro atoms. The second-order valence-corrected chi connectivity index (χ2v) is 8.35. The summed E-state index contributed by atoms with van der Waals surface area (Å²) in [4.78, 5) is 7.48. The van der Waals surface area contributed by atoms with Crippen molar-refractivity contribution in [1.82, 2.24) is 10.2 Å². The minimum Gasteiger partial charge on any atom is -0.339 e. The van der Waals surface area contributed by atoms with Gasteiger partial charge in [0.15, 0.2) is 0 Å².